The lowest BCUT2D eigenvalue weighted by molar-refractivity contribution is -0.128. The topological polar surface area (TPSA) is 220 Å². The molecule has 15 nitrogen and oxygen atoms in total. The fraction of sp³-hybridized carbons (Fsp3) is 0.800. The van der Waals surface area contributed by atoms with Gasteiger partial charge in [-0.05, 0) is 0 Å². The van der Waals surface area contributed by atoms with Gasteiger partial charge in [-0.3, -0.25) is 19.6 Å². The van der Waals surface area contributed by atoms with E-state index in [1.165, 1.54) is 11.2 Å². The Kier molecular flexibility index (Phi) is 5.74. The molecule has 3 rings (SSSR count). The van der Waals surface area contributed by atoms with Gasteiger partial charge in [-0.1, -0.05) is 0 Å². The molecule has 0 bridgehead atoms. The molecule has 3 unspecified atom stereocenters. The molecule has 0 saturated carbocycles. The third-order valence-corrected chi connectivity index (χ3v) is 6.22. The molecule has 1 amide bonds. The highest BCUT2D eigenvalue weighted by Crippen LogP contribution is 2.57. The van der Waals surface area contributed by atoms with Crippen LogP contribution in [-0.4, -0.2) is 92.1 Å². The maximum Gasteiger partial charge on any atom is 0.481 e. The molecule has 0 aliphatic carbocycles. The monoisotopic (exact) mass is 432 g/mol. The van der Waals surface area contributed by atoms with E-state index in [1.54, 1.807) is 0 Å². The van der Waals surface area contributed by atoms with Gasteiger partial charge in [-0.2, -0.15) is 4.31 Å². The van der Waals surface area contributed by atoms with Crippen LogP contribution in [0.15, 0.2) is 4.99 Å². The first-order valence-electron chi connectivity index (χ1n) is 7.56. The predicted octanol–water partition coefficient (Wildman–Crippen LogP) is -3.63. The Morgan fingerprint density at radius 3 is 2.67 bits per heavy atom. The van der Waals surface area contributed by atoms with E-state index in [1.807, 2.05) is 0 Å². The van der Waals surface area contributed by atoms with Gasteiger partial charge in [-0.25, -0.2) is 9.13 Å². The standard InChI is InChI=1S/C10H18N4O11P2/c15-6-4(1-23-27(21,22)25-26(18,19)20)24-10(7(6)16)14-3-13-5-8(14)11-2-12-9(5)17/h3-8,10-11,15-16H,1-2H2,(H,12,17)(H,21,22)(H2,18,19,20)/t4-,5?,6-,7-,8?,10-/m1/s1. The number of carbonyl (C=O) groups is 1. The summed E-state index contributed by atoms with van der Waals surface area (Å²) < 4.78 is 35.6. The third kappa shape index (κ3) is 4.55. The molecule has 7 N–H and O–H groups in total. The number of nitrogens with one attached hydrogen (secondary N) is 2. The lowest BCUT2D eigenvalue weighted by Gasteiger charge is -2.36. The van der Waals surface area contributed by atoms with Crippen LogP contribution in [0.3, 0.4) is 0 Å². The van der Waals surface area contributed by atoms with Crippen LogP contribution in [-0.2, 0) is 27.5 Å². The van der Waals surface area contributed by atoms with Crippen LogP contribution in [0.2, 0.25) is 0 Å². The zero-order valence-corrected chi connectivity index (χ0v) is 15.2. The number of rotatable bonds is 6. The summed E-state index contributed by atoms with van der Waals surface area (Å²) in [5.41, 5.74) is 0. The highest BCUT2D eigenvalue weighted by Gasteiger charge is 2.51. The van der Waals surface area contributed by atoms with Gasteiger partial charge >= 0.3 is 15.6 Å². The molecular formula is C10H18N4O11P2. The van der Waals surface area contributed by atoms with E-state index in [0.29, 0.717) is 0 Å². The molecule has 27 heavy (non-hydrogen) atoms. The number of nitrogens with zero attached hydrogens (tertiary/aromatic N) is 2. The number of phosphoric ester groups is 1. The molecule has 3 aliphatic rings. The van der Waals surface area contributed by atoms with Crippen molar-refractivity contribution in [3.63, 3.8) is 0 Å². The number of ether oxygens (including phenoxy) is 1. The first-order valence-corrected chi connectivity index (χ1v) is 10.6. The number of hydrogen-bond acceptors (Lipinski definition) is 11. The molecule has 0 radical (unpaired) electrons. The number of amides is 1. The summed E-state index contributed by atoms with van der Waals surface area (Å²) in [5.74, 6) is -0.332. The first kappa shape index (κ1) is 20.8. The smallest absolute Gasteiger partial charge is 0.387 e. The van der Waals surface area contributed by atoms with Crippen molar-refractivity contribution >= 4 is 27.9 Å². The Balaban J connectivity index is 1.63. The van der Waals surface area contributed by atoms with E-state index in [2.05, 4.69) is 24.5 Å². The Bertz CT molecular complexity index is 715. The third-order valence-electron chi connectivity index (χ3n) is 4.07. The van der Waals surface area contributed by atoms with Gasteiger partial charge in [-0.15, -0.1) is 0 Å². The molecule has 17 heteroatoms. The van der Waals surface area contributed by atoms with Crippen LogP contribution in [0, 0.1) is 0 Å². The Hall–Kier alpha value is -0.960. The summed E-state index contributed by atoms with van der Waals surface area (Å²) in [6.45, 7) is -0.652. The minimum Gasteiger partial charge on any atom is -0.387 e. The van der Waals surface area contributed by atoms with Crippen molar-refractivity contribution in [2.24, 2.45) is 4.99 Å². The molecule has 3 aliphatic heterocycles. The Morgan fingerprint density at radius 1 is 1.30 bits per heavy atom. The van der Waals surface area contributed by atoms with Crippen molar-refractivity contribution in [3.05, 3.63) is 0 Å². The molecular weight excluding hydrogens is 414 g/mol. The van der Waals surface area contributed by atoms with Crippen molar-refractivity contribution < 1.29 is 52.4 Å². The molecule has 0 aromatic heterocycles. The van der Waals surface area contributed by atoms with Crippen molar-refractivity contribution in [2.45, 2.75) is 36.7 Å². The molecule has 7 atom stereocenters. The van der Waals surface area contributed by atoms with Crippen LogP contribution in [0.5, 0.6) is 0 Å². The number of hydrogen-bond donors (Lipinski definition) is 7. The summed E-state index contributed by atoms with van der Waals surface area (Å²) in [4.78, 5) is 43.5. The van der Waals surface area contributed by atoms with Crippen molar-refractivity contribution in [3.8, 4) is 0 Å². The van der Waals surface area contributed by atoms with Crippen LogP contribution in [0.25, 0.3) is 0 Å². The molecule has 3 heterocycles. The molecule has 2 saturated heterocycles. The lowest BCUT2D eigenvalue weighted by atomic mass is 10.1. The summed E-state index contributed by atoms with van der Waals surface area (Å²) in [5, 5.41) is 25.8. The van der Waals surface area contributed by atoms with E-state index < -0.39 is 59.0 Å². The van der Waals surface area contributed by atoms with E-state index in [4.69, 9.17) is 14.5 Å². The summed E-state index contributed by atoms with van der Waals surface area (Å²) in [7, 11) is -10.4. The zero-order chi connectivity index (χ0) is 20.0. The van der Waals surface area contributed by atoms with E-state index in [-0.39, 0.29) is 12.6 Å². The fourth-order valence-electron chi connectivity index (χ4n) is 2.90. The second-order valence-corrected chi connectivity index (χ2v) is 8.74. The van der Waals surface area contributed by atoms with E-state index >= 15 is 0 Å². The minimum absolute atomic E-state index is 0.158. The van der Waals surface area contributed by atoms with Gasteiger partial charge in [0.05, 0.1) is 19.6 Å². The van der Waals surface area contributed by atoms with Gasteiger partial charge in [0, 0.05) is 0 Å². The van der Waals surface area contributed by atoms with Crippen molar-refractivity contribution in [2.75, 3.05) is 13.3 Å². The van der Waals surface area contributed by atoms with Gasteiger partial charge in [0.25, 0.3) is 0 Å². The number of aliphatic imine (C=N–C) groups is 1. The van der Waals surface area contributed by atoms with Crippen LogP contribution in [0.4, 0.5) is 0 Å². The van der Waals surface area contributed by atoms with Crippen LogP contribution < -0.4 is 10.6 Å². The summed E-state index contributed by atoms with van der Waals surface area (Å²) in [6.07, 6.45) is -4.90. The van der Waals surface area contributed by atoms with Gasteiger partial charge in [0.1, 0.15) is 24.5 Å². The quantitative estimate of drug-likeness (QED) is 0.202. The largest absolute Gasteiger partial charge is 0.481 e. The van der Waals surface area contributed by atoms with Crippen LogP contribution >= 0.6 is 15.6 Å². The molecule has 0 aromatic rings. The second kappa shape index (κ2) is 7.46. The number of aliphatic hydroxyl groups excluding tert-OH is 2. The van der Waals surface area contributed by atoms with E-state index in [0.717, 1.165) is 0 Å². The highest BCUT2D eigenvalue weighted by molar-refractivity contribution is 7.60. The van der Waals surface area contributed by atoms with Gasteiger partial charge < -0.3 is 39.8 Å². The minimum atomic E-state index is -5.29. The summed E-state index contributed by atoms with van der Waals surface area (Å²) >= 11 is 0. The van der Waals surface area contributed by atoms with Crippen molar-refractivity contribution in [1.29, 1.82) is 0 Å². The number of fused-ring (bicyclic) bond motifs is 1. The maximum atomic E-state index is 11.8. The summed E-state index contributed by atoms with van der Waals surface area (Å²) in [6, 6.07) is -0.781. The van der Waals surface area contributed by atoms with Crippen LogP contribution in [0.1, 0.15) is 0 Å². The first-order chi connectivity index (χ1) is 12.5. The molecule has 154 valence electrons. The molecule has 0 spiro atoms. The number of carbonyl (C=O) groups excluding carboxylic acids is 1. The second-order valence-electron chi connectivity index (χ2n) is 5.91. The van der Waals surface area contributed by atoms with Gasteiger partial charge in [0.15, 0.2) is 12.3 Å². The van der Waals surface area contributed by atoms with E-state index in [9.17, 15) is 29.0 Å². The van der Waals surface area contributed by atoms with Crippen molar-refractivity contribution in [1.82, 2.24) is 15.5 Å². The van der Waals surface area contributed by atoms with Gasteiger partial charge in [0.2, 0.25) is 5.91 Å². The fourth-order valence-corrected chi connectivity index (χ4v) is 4.50. The average Bonchev–Trinajstić information content (AvgIpc) is 3.07. The highest BCUT2D eigenvalue weighted by atomic mass is 31.3. The zero-order valence-electron chi connectivity index (χ0n) is 13.4. The molecule has 0 aromatic carbocycles. The SMILES string of the molecule is O=C1NCNC2C1N=CN2[C@@H]1O[C@H](COP(=O)(O)OP(=O)(O)O)[C@@H](O)[C@H]1O. The Morgan fingerprint density at radius 2 is 2.00 bits per heavy atom. The number of phosphoric acid groups is 2. The average molecular weight is 432 g/mol. The number of aliphatic hydroxyl groups is 2. The Labute approximate surface area is 151 Å². The molecule has 2 fully saturated rings. The maximum absolute atomic E-state index is 11.8. The predicted molar refractivity (Wildman–Crippen MR) is 83.6 cm³/mol. The lowest BCUT2D eigenvalue weighted by Crippen LogP contribution is -2.63. The normalized spacial score (nSPS) is 38.6.